The third-order valence-electron chi connectivity index (χ3n) is 4.73. The molecule has 2 aliphatic heterocycles. The molecule has 2 amide bonds. The van der Waals surface area contributed by atoms with E-state index in [1.807, 2.05) is 9.47 Å². The molecule has 1 N–H and O–H groups in total. The molecule has 0 aliphatic carbocycles. The van der Waals surface area contributed by atoms with E-state index in [0.29, 0.717) is 18.1 Å². The second-order valence-corrected chi connectivity index (χ2v) is 6.45. The summed E-state index contributed by atoms with van der Waals surface area (Å²) in [6.45, 7) is 5.16. The number of amides is 2. The number of carbonyl (C=O) groups is 2. The van der Waals surface area contributed by atoms with Crippen LogP contribution in [0.3, 0.4) is 0 Å². The van der Waals surface area contributed by atoms with Gasteiger partial charge in [0.1, 0.15) is 5.69 Å². The predicted molar refractivity (Wildman–Crippen MR) is 87.5 cm³/mol. The average Bonchev–Trinajstić information content (AvgIpc) is 3.22. The maximum Gasteiger partial charge on any atom is 0.289 e. The quantitative estimate of drug-likeness (QED) is 0.844. The minimum absolute atomic E-state index is 0.0155. The summed E-state index contributed by atoms with van der Waals surface area (Å²) in [6.07, 6.45) is 7.05. The van der Waals surface area contributed by atoms with Gasteiger partial charge in [0, 0.05) is 26.2 Å². The number of fused-ring (bicyclic) bond motifs is 1. The van der Waals surface area contributed by atoms with Crippen molar-refractivity contribution in [1.29, 1.82) is 0 Å². The van der Waals surface area contributed by atoms with Crippen LogP contribution >= 0.6 is 0 Å². The summed E-state index contributed by atoms with van der Waals surface area (Å²) in [5, 5.41) is 2.93. The summed E-state index contributed by atoms with van der Waals surface area (Å²) in [4.78, 5) is 31.5. The summed E-state index contributed by atoms with van der Waals surface area (Å²) in [6, 6.07) is 0. The van der Waals surface area contributed by atoms with E-state index in [1.165, 1.54) is 0 Å². The van der Waals surface area contributed by atoms with E-state index in [2.05, 4.69) is 17.2 Å². The van der Waals surface area contributed by atoms with Crippen molar-refractivity contribution in [2.75, 3.05) is 19.6 Å². The van der Waals surface area contributed by atoms with Gasteiger partial charge >= 0.3 is 0 Å². The van der Waals surface area contributed by atoms with Crippen molar-refractivity contribution in [3.05, 3.63) is 17.2 Å². The van der Waals surface area contributed by atoms with E-state index in [9.17, 15) is 9.59 Å². The van der Waals surface area contributed by atoms with Crippen LogP contribution in [-0.4, -0.2) is 45.9 Å². The molecule has 0 radical (unpaired) electrons. The summed E-state index contributed by atoms with van der Waals surface area (Å²) in [5.41, 5.74) is 1.40. The zero-order valence-electron chi connectivity index (χ0n) is 13.9. The SMILES string of the molecule is CCCCNC(=O)c1nc(C(=O)N2CCCC2)n2c1CCCC2. The van der Waals surface area contributed by atoms with E-state index < -0.39 is 0 Å². The van der Waals surface area contributed by atoms with E-state index in [0.717, 1.165) is 70.3 Å². The Labute approximate surface area is 137 Å². The normalized spacial score (nSPS) is 17.2. The number of unbranched alkanes of at least 4 members (excludes halogenated alkanes) is 1. The highest BCUT2D eigenvalue weighted by Crippen LogP contribution is 2.23. The van der Waals surface area contributed by atoms with Gasteiger partial charge in [-0.25, -0.2) is 4.98 Å². The van der Waals surface area contributed by atoms with Crippen molar-refractivity contribution < 1.29 is 9.59 Å². The molecule has 0 saturated carbocycles. The van der Waals surface area contributed by atoms with Crippen molar-refractivity contribution in [2.24, 2.45) is 0 Å². The molecule has 0 bridgehead atoms. The van der Waals surface area contributed by atoms with Gasteiger partial charge in [0.2, 0.25) is 0 Å². The molecule has 126 valence electrons. The number of hydrogen-bond acceptors (Lipinski definition) is 3. The number of likely N-dealkylation sites (tertiary alicyclic amines) is 1. The van der Waals surface area contributed by atoms with Crippen molar-refractivity contribution >= 4 is 11.8 Å². The average molecular weight is 318 g/mol. The molecule has 6 heteroatoms. The van der Waals surface area contributed by atoms with E-state index >= 15 is 0 Å². The summed E-state index contributed by atoms with van der Waals surface area (Å²) >= 11 is 0. The van der Waals surface area contributed by atoms with Gasteiger partial charge in [0.05, 0.1) is 5.69 Å². The van der Waals surface area contributed by atoms with Gasteiger partial charge in [-0.3, -0.25) is 9.59 Å². The zero-order valence-corrected chi connectivity index (χ0v) is 13.9. The minimum Gasteiger partial charge on any atom is -0.351 e. The highest BCUT2D eigenvalue weighted by atomic mass is 16.2. The van der Waals surface area contributed by atoms with E-state index in [1.54, 1.807) is 0 Å². The topological polar surface area (TPSA) is 67.2 Å². The van der Waals surface area contributed by atoms with Gasteiger partial charge in [0.25, 0.3) is 11.8 Å². The van der Waals surface area contributed by atoms with Crippen LogP contribution < -0.4 is 5.32 Å². The summed E-state index contributed by atoms with van der Waals surface area (Å²) in [5.74, 6) is 0.310. The molecule has 1 aromatic rings. The summed E-state index contributed by atoms with van der Waals surface area (Å²) in [7, 11) is 0. The highest BCUT2D eigenvalue weighted by Gasteiger charge is 2.30. The largest absolute Gasteiger partial charge is 0.351 e. The third kappa shape index (κ3) is 3.26. The van der Waals surface area contributed by atoms with Crippen molar-refractivity contribution in [3.63, 3.8) is 0 Å². The van der Waals surface area contributed by atoms with Crippen LogP contribution in [0, 0.1) is 0 Å². The summed E-state index contributed by atoms with van der Waals surface area (Å²) < 4.78 is 1.99. The molecule has 23 heavy (non-hydrogen) atoms. The lowest BCUT2D eigenvalue weighted by molar-refractivity contribution is 0.0774. The minimum atomic E-state index is -0.135. The lowest BCUT2D eigenvalue weighted by Crippen LogP contribution is -2.31. The van der Waals surface area contributed by atoms with E-state index in [-0.39, 0.29) is 11.8 Å². The zero-order chi connectivity index (χ0) is 16.2. The van der Waals surface area contributed by atoms with Crippen molar-refractivity contribution in [2.45, 2.75) is 58.4 Å². The Morgan fingerprint density at radius 1 is 1.13 bits per heavy atom. The first kappa shape index (κ1) is 16.0. The van der Waals surface area contributed by atoms with Gasteiger partial charge in [-0.05, 0) is 38.5 Å². The molecule has 1 aromatic heterocycles. The molecule has 2 aliphatic rings. The number of rotatable bonds is 5. The fourth-order valence-corrected chi connectivity index (χ4v) is 3.41. The molecule has 1 saturated heterocycles. The highest BCUT2D eigenvalue weighted by molar-refractivity contribution is 5.97. The molecule has 3 heterocycles. The maximum absolute atomic E-state index is 12.7. The molecule has 0 unspecified atom stereocenters. The molecule has 3 rings (SSSR count). The first-order chi connectivity index (χ1) is 11.2. The van der Waals surface area contributed by atoms with Gasteiger partial charge in [-0.15, -0.1) is 0 Å². The molecule has 1 fully saturated rings. The number of nitrogens with zero attached hydrogens (tertiary/aromatic N) is 3. The molecular formula is C17H26N4O2. The number of imidazole rings is 1. The van der Waals surface area contributed by atoms with Crippen LogP contribution in [0.1, 0.15) is 72.3 Å². The Morgan fingerprint density at radius 3 is 2.61 bits per heavy atom. The van der Waals surface area contributed by atoms with Gasteiger partial charge in [-0.1, -0.05) is 13.3 Å². The van der Waals surface area contributed by atoms with Gasteiger partial charge in [0.15, 0.2) is 5.82 Å². The van der Waals surface area contributed by atoms with Crippen LogP contribution in [0.4, 0.5) is 0 Å². The number of hydrogen-bond donors (Lipinski definition) is 1. The fourth-order valence-electron chi connectivity index (χ4n) is 3.41. The Bertz CT molecular complexity index is 588. The monoisotopic (exact) mass is 318 g/mol. The standard InChI is InChI=1S/C17H26N4O2/c1-2-3-9-18-16(22)14-13-8-4-5-12-21(13)15(19-14)17(23)20-10-6-7-11-20/h2-12H2,1H3,(H,18,22). The number of nitrogens with one attached hydrogen (secondary N) is 1. The Morgan fingerprint density at radius 2 is 1.87 bits per heavy atom. The van der Waals surface area contributed by atoms with Gasteiger partial charge in [-0.2, -0.15) is 0 Å². The number of carbonyl (C=O) groups excluding carboxylic acids is 2. The lowest BCUT2D eigenvalue weighted by atomic mass is 10.1. The first-order valence-corrected chi connectivity index (χ1v) is 8.89. The fraction of sp³-hybridized carbons (Fsp3) is 0.706. The molecule has 0 aromatic carbocycles. The maximum atomic E-state index is 12.7. The number of aromatic nitrogens is 2. The Kier molecular flexibility index (Phi) is 4.98. The van der Waals surface area contributed by atoms with Gasteiger partial charge < -0.3 is 14.8 Å². The Hall–Kier alpha value is -1.85. The van der Waals surface area contributed by atoms with E-state index in [4.69, 9.17) is 0 Å². The van der Waals surface area contributed by atoms with Crippen LogP contribution in [0.5, 0.6) is 0 Å². The molecule has 0 atom stereocenters. The predicted octanol–water partition coefficient (Wildman–Crippen LogP) is 1.99. The molecule has 0 spiro atoms. The van der Waals surface area contributed by atoms with Crippen LogP contribution in [0.15, 0.2) is 0 Å². The Balaban J connectivity index is 1.85. The lowest BCUT2D eigenvalue weighted by Gasteiger charge is -2.19. The third-order valence-corrected chi connectivity index (χ3v) is 4.73. The van der Waals surface area contributed by atoms with Crippen LogP contribution in [0.2, 0.25) is 0 Å². The van der Waals surface area contributed by atoms with Crippen LogP contribution in [0.25, 0.3) is 0 Å². The van der Waals surface area contributed by atoms with Crippen molar-refractivity contribution in [3.8, 4) is 0 Å². The molecular weight excluding hydrogens is 292 g/mol. The van der Waals surface area contributed by atoms with Crippen molar-refractivity contribution in [1.82, 2.24) is 19.8 Å². The first-order valence-electron chi connectivity index (χ1n) is 8.89. The second kappa shape index (κ2) is 7.15. The molecule has 6 nitrogen and oxygen atoms in total. The second-order valence-electron chi connectivity index (χ2n) is 6.45. The van der Waals surface area contributed by atoms with Crippen LogP contribution in [-0.2, 0) is 13.0 Å². The smallest absolute Gasteiger partial charge is 0.289 e.